The summed E-state index contributed by atoms with van der Waals surface area (Å²) in [6, 6.07) is 0. The molecule has 3 nitrogen and oxygen atoms in total. The van der Waals surface area contributed by atoms with Gasteiger partial charge in [0.25, 0.3) is 0 Å². The van der Waals surface area contributed by atoms with Crippen LogP contribution in [0.4, 0.5) is 0 Å². The van der Waals surface area contributed by atoms with E-state index in [4.69, 9.17) is 5.11 Å². The van der Waals surface area contributed by atoms with Gasteiger partial charge in [0.1, 0.15) is 0 Å². The minimum Gasteiger partial charge on any atom is -0.412 e. The molecule has 0 atom stereocenters. The zero-order valence-electron chi connectivity index (χ0n) is 6.02. The van der Waals surface area contributed by atoms with Crippen molar-refractivity contribution in [3.63, 3.8) is 0 Å². The Morgan fingerprint density at radius 2 is 1.12 bits per heavy atom. The molecule has 0 spiro atoms. The smallest absolute Gasteiger partial charge is 0.0563 e. The van der Waals surface area contributed by atoms with Crippen molar-refractivity contribution < 1.29 is 10.6 Å². The first-order chi connectivity index (χ1) is 3.00. The summed E-state index contributed by atoms with van der Waals surface area (Å²) in [4.78, 5) is 0. The summed E-state index contributed by atoms with van der Waals surface area (Å²) in [6.45, 7) is 5.23. The molecule has 0 aromatic carbocycles. The van der Waals surface area contributed by atoms with Crippen molar-refractivity contribution in [1.82, 2.24) is 0 Å². The molecule has 3 heteroatoms. The third-order valence-corrected chi connectivity index (χ3v) is 0. The molecule has 0 aromatic rings. The molecule has 0 aromatic heterocycles. The van der Waals surface area contributed by atoms with Crippen LogP contribution in [0, 0.1) is 0 Å². The van der Waals surface area contributed by atoms with Gasteiger partial charge in [0.2, 0.25) is 0 Å². The molecule has 8 heavy (non-hydrogen) atoms. The predicted molar refractivity (Wildman–Crippen MR) is 35.7 cm³/mol. The standard InChI is InChI=1S/C4H10O.CH5N.H2O/c1-4(2,3)5;1-2;/h5H,1-3H3;2H2,1H3;1H2. The van der Waals surface area contributed by atoms with Crippen LogP contribution in [0.15, 0.2) is 0 Å². The first-order valence-electron chi connectivity index (χ1n) is 2.30. The maximum atomic E-state index is 8.52. The Hall–Kier alpha value is -0.120. The first-order valence-corrected chi connectivity index (χ1v) is 2.30. The lowest BCUT2D eigenvalue weighted by molar-refractivity contribution is 0.102. The molecule has 0 saturated carbocycles. The average Bonchev–Trinajstić information content (AvgIpc) is 1.36. The van der Waals surface area contributed by atoms with Crippen LogP contribution in [-0.2, 0) is 0 Å². The van der Waals surface area contributed by atoms with Crippen molar-refractivity contribution in [2.45, 2.75) is 26.4 Å². The van der Waals surface area contributed by atoms with Gasteiger partial charge in [-0.2, -0.15) is 0 Å². The Morgan fingerprint density at radius 1 is 1.12 bits per heavy atom. The van der Waals surface area contributed by atoms with Gasteiger partial charge in [-0.25, -0.2) is 0 Å². The molecule has 0 rings (SSSR count). The molecular weight excluding hydrogens is 106 g/mol. The molecule has 0 aliphatic rings. The maximum Gasteiger partial charge on any atom is 0.0563 e. The van der Waals surface area contributed by atoms with Gasteiger partial charge in [-0.05, 0) is 27.8 Å². The molecule has 0 heterocycles. The van der Waals surface area contributed by atoms with Crippen molar-refractivity contribution in [2.24, 2.45) is 5.73 Å². The summed E-state index contributed by atoms with van der Waals surface area (Å²) in [5, 5.41) is 8.52. The van der Waals surface area contributed by atoms with E-state index in [9.17, 15) is 0 Å². The minimum absolute atomic E-state index is 0. The summed E-state index contributed by atoms with van der Waals surface area (Å²) < 4.78 is 0. The Bertz CT molecular complexity index is 25.9. The minimum atomic E-state index is -0.500. The van der Waals surface area contributed by atoms with Crippen LogP contribution in [0.2, 0.25) is 0 Å². The van der Waals surface area contributed by atoms with Gasteiger partial charge >= 0.3 is 0 Å². The Balaban J connectivity index is -0.0000000750. The lowest BCUT2D eigenvalue weighted by Crippen LogP contribution is -2.10. The van der Waals surface area contributed by atoms with E-state index in [1.54, 1.807) is 20.8 Å². The van der Waals surface area contributed by atoms with Crippen LogP contribution >= 0.6 is 0 Å². The lowest BCUT2D eigenvalue weighted by Gasteiger charge is -2.04. The first kappa shape index (κ1) is 15.7. The van der Waals surface area contributed by atoms with Crippen LogP contribution in [0.5, 0.6) is 0 Å². The topological polar surface area (TPSA) is 77.8 Å². The summed E-state index contributed by atoms with van der Waals surface area (Å²) in [5.74, 6) is 0. The molecule has 0 fully saturated rings. The Labute approximate surface area is 50.8 Å². The Kier molecular flexibility index (Phi) is 13.5. The fraction of sp³-hybridized carbons (Fsp3) is 1.00. The van der Waals surface area contributed by atoms with Crippen molar-refractivity contribution in [2.75, 3.05) is 7.05 Å². The van der Waals surface area contributed by atoms with E-state index >= 15 is 0 Å². The van der Waals surface area contributed by atoms with Crippen molar-refractivity contribution in [3.05, 3.63) is 0 Å². The van der Waals surface area contributed by atoms with E-state index in [1.165, 1.54) is 7.05 Å². The van der Waals surface area contributed by atoms with E-state index < -0.39 is 5.60 Å². The zero-order valence-corrected chi connectivity index (χ0v) is 6.02. The van der Waals surface area contributed by atoms with Crippen LogP contribution in [0.1, 0.15) is 20.8 Å². The highest BCUT2D eigenvalue weighted by atomic mass is 16.3. The second-order valence-electron chi connectivity index (χ2n) is 2.17. The highest BCUT2D eigenvalue weighted by molar-refractivity contribution is 4.50. The van der Waals surface area contributed by atoms with Gasteiger partial charge in [0.15, 0.2) is 0 Å². The zero-order chi connectivity index (χ0) is 6.50. The summed E-state index contributed by atoms with van der Waals surface area (Å²) in [6.07, 6.45) is 0. The molecule has 0 radical (unpaired) electrons. The van der Waals surface area contributed by atoms with Crippen molar-refractivity contribution >= 4 is 0 Å². The highest BCUT2D eigenvalue weighted by Crippen LogP contribution is 1.93. The number of hydrogen-bond donors (Lipinski definition) is 2. The van der Waals surface area contributed by atoms with Gasteiger partial charge in [0, 0.05) is 0 Å². The molecule has 0 bridgehead atoms. The van der Waals surface area contributed by atoms with E-state index in [0.29, 0.717) is 0 Å². The second-order valence-corrected chi connectivity index (χ2v) is 2.17. The van der Waals surface area contributed by atoms with E-state index in [0.717, 1.165) is 0 Å². The Morgan fingerprint density at radius 3 is 1.12 bits per heavy atom. The summed E-state index contributed by atoms with van der Waals surface area (Å²) in [7, 11) is 1.50. The predicted octanol–water partition coefficient (Wildman–Crippen LogP) is -0.473. The molecule has 0 amide bonds. The maximum absolute atomic E-state index is 8.52. The quantitative estimate of drug-likeness (QED) is 0.456. The molecule has 0 aliphatic carbocycles. The monoisotopic (exact) mass is 123 g/mol. The second kappa shape index (κ2) is 6.88. The summed E-state index contributed by atoms with van der Waals surface area (Å²) >= 11 is 0. The van der Waals surface area contributed by atoms with Crippen LogP contribution in [0.25, 0.3) is 0 Å². The molecule has 54 valence electrons. The molecule has 5 N–H and O–H groups in total. The van der Waals surface area contributed by atoms with E-state index in [1.807, 2.05) is 0 Å². The molecular formula is C5H17NO2. The number of rotatable bonds is 0. The van der Waals surface area contributed by atoms with Gasteiger partial charge in [-0.1, -0.05) is 0 Å². The van der Waals surface area contributed by atoms with E-state index in [2.05, 4.69) is 5.73 Å². The van der Waals surface area contributed by atoms with Crippen LogP contribution in [-0.4, -0.2) is 23.2 Å². The van der Waals surface area contributed by atoms with Crippen molar-refractivity contribution in [1.29, 1.82) is 0 Å². The number of nitrogens with two attached hydrogens (primary N) is 1. The van der Waals surface area contributed by atoms with Gasteiger partial charge < -0.3 is 16.3 Å². The number of aliphatic hydroxyl groups is 1. The highest BCUT2D eigenvalue weighted by Gasteiger charge is 1.97. The average molecular weight is 123 g/mol. The van der Waals surface area contributed by atoms with Crippen LogP contribution < -0.4 is 5.73 Å². The summed E-state index contributed by atoms with van der Waals surface area (Å²) in [5.41, 5.74) is 4.00. The lowest BCUT2D eigenvalue weighted by atomic mass is 10.2. The molecule has 0 aliphatic heterocycles. The van der Waals surface area contributed by atoms with Gasteiger partial charge in [-0.15, -0.1) is 0 Å². The van der Waals surface area contributed by atoms with Crippen molar-refractivity contribution in [3.8, 4) is 0 Å². The fourth-order valence-corrected chi connectivity index (χ4v) is 0. The van der Waals surface area contributed by atoms with Crippen LogP contribution in [0.3, 0.4) is 0 Å². The van der Waals surface area contributed by atoms with E-state index in [-0.39, 0.29) is 5.48 Å². The SMILES string of the molecule is CC(C)(C)O.CN.O. The normalized spacial score (nSPS) is 8.25. The fourth-order valence-electron chi connectivity index (χ4n) is 0. The third-order valence-electron chi connectivity index (χ3n) is 0. The molecule has 0 saturated heterocycles. The number of hydrogen-bond acceptors (Lipinski definition) is 2. The molecule has 0 unspecified atom stereocenters. The van der Waals surface area contributed by atoms with Gasteiger partial charge in [-0.3, -0.25) is 0 Å². The third kappa shape index (κ3) is 9720. The van der Waals surface area contributed by atoms with Gasteiger partial charge in [0.05, 0.1) is 5.60 Å². The largest absolute Gasteiger partial charge is 0.412 e.